The maximum Gasteiger partial charge on any atom is 0.120 e. The summed E-state index contributed by atoms with van der Waals surface area (Å²) in [5, 5.41) is 19.0. The number of fused-ring (bicyclic) bond motifs is 1. The third-order valence-corrected chi connectivity index (χ3v) is 6.40. The van der Waals surface area contributed by atoms with E-state index in [9.17, 15) is 5.11 Å². The minimum absolute atomic E-state index is 0.0934. The first-order valence-corrected chi connectivity index (χ1v) is 11.8. The molecule has 0 aliphatic carbocycles. The van der Waals surface area contributed by atoms with Crippen molar-refractivity contribution < 1.29 is 9.84 Å². The second-order valence-corrected chi connectivity index (χ2v) is 9.38. The molecule has 34 heavy (non-hydrogen) atoms. The first kappa shape index (κ1) is 22.2. The molecule has 0 spiro atoms. The molecule has 0 aromatic heterocycles. The standard InChI is InChI=1S/C30H30N2O2/c1-30(2,19-20-33)34-25-17-15-23(16-18-25)29-21-28(31-32(29)24-11-4-3-5-12-24)27-14-8-10-22-9-6-7-13-26(22)27/h3-18,29,33H,19-21H2,1-2H3. The zero-order valence-electron chi connectivity index (χ0n) is 19.7. The number of nitrogens with zero attached hydrogens (tertiary/aromatic N) is 2. The van der Waals surface area contributed by atoms with Gasteiger partial charge in [0.25, 0.3) is 0 Å². The molecule has 4 aromatic rings. The summed E-state index contributed by atoms with van der Waals surface area (Å²) < 4.78 is 6.11. The Balaban J connectivity index is 1.48. The number of ether oxygens (including phenoxy) is 1. The van der Waals surface area contributed by atoms with Gasteiger partial charge in [-0.3, -0.25) is 5.01 Å². The van der Waals surface area contributed by atoms with Gasteiger partial charge in [-0.05, 0) is 54.4 Å². The van der Waals surface area contributed by atoms with E-state index < -0.39 is 5.60 Å². The molecule has 0 radical (unpaired) electrons. The molecule has 1 aliphatic heterocycles. The van der Waals surface area contributed by atoms with Crippen molar-refractivity contribution in [3.63, 3.8) is 0 Å². The topological polar surface area (TPSA) is 45.1 Å². The Bertz CT molecular complexity index is 1290. The van der Waals surface area contributed by atoms with Gasteiger partial charge in [-0.15, -0.1) is 0 Å². The predicted molar refractivity (Wildman–Crippen MR) is 140 cm³/mol. The van der Waals surface area contributed by atoms with Crippen LogP contribution in [0.4, 0.5) is 5.69 Å². The van der Waals surface area contributed by atoms with E-state index in [0.29, 0.717) is 6.42 Å². The highest BCUT2D eigenvalue weighted by molar-refractivity contribution is 6.12. The lowest BCUT2D eigenvalue weighted by Crippen LogP contribution is -2.29. The van der Waals surface area contributed by atoms with E-state index in [1.165, 1.54) is 21.9 Å². The second kappa shape index (κ2) is 9.32. The van der Waals surface area contributed by atoms with Gasteiger partial charge in [-0.25, -0.2) is 0 Å². The van der Waals surface area contributed by atoms with Crippen molar-refractivity contribution in [1.29, 1.82) is 0 Å². The van der Waals surface area contributed by atoms with Gasteiger partial charge in [0.2, 0.25) is 0 Å². The zero-order chi connectivity index (χ0) is 23.5. The predicted octanol–water partition coefficient (Wildman–Crippen LogP) is 6.74. The molecule has 172 valence electrons. The molecule has 1 unspecified atom stereocenters. The van der Waals surface area contributed by atoms with Crippen molar-refractivity contribution >= 4 is 22.2 Å². The zero-order valence-corrected chi connectivity index (χ0v) is 19.7. The van der Waals surface area contributed by atoms with Crippen LogP contribution in [0.25, 0.3) is 10.8 Å². The van der Waals surface area contributed by atoms with Gasteiger partial charge >= 0.3 is 0 Å². The van der Waals surface area contributed by atoms with Crippen LogP contribution >= 0.6 is 0 Å². The molecule has 0 saturated carbocycles. The fourth-order valence-electron chi connectivity index (χ4n) is 4.63. The Labute approximate surface area is 201 Å². The van der Waals surface area contributed by atoms with E-state index in [4.69, 9.17) is 9.84 Å². The molecule has 0 amide bonds. The number of hydrazone groups is 1. The van der Waals surface area contributed by atoms with Gasteiger partial charge in [0.15, 0.2) is 0 Å². The van der Waals surface area contributed by atoms with Gasteiger partial charge in [0.1, 0.15) is 11.4 Å². The smallest absolute Gasteiger partial charge is 0.120 e. The van der Waals surface area contributed by atoms with Crippen molar-refractivity contribution in [1.82, 2.24) is 0 Å². The van der Waals surface area contributed by atoms with Crippen LogP contribution in [-0.4, -0.2) is 23.0 Å². The molecule has 0 fully saturated rings. The highest BCUT2D eigenvalue weighted by atomic mass is 16.5. The van der Waals surface area contributed by atoms with Crippen LogP contribution in [0.5, 0.6) is 5.75 Å². The van der Waals surface area contributed by atoms with Gasteiger partial charge in [0.05, 0.1) is 17.4 Å². The third-order valence-electron chi connectivity index (χ3n) is 6.40. The van der Waals surface area contributed by atoms with Crippen molar-refractivity contribution in [2.75, 3.05) is 11.6 Å². The first-order chi connectivity index (χ1) is 16.5. The summed E-state index contributed by atoms with van der Waals surface area (Å²) in [7, 11) is 0. The number of para-hydroxylation sites is 1. The first-order valence-electron chi connectivity index (χ1n) is 11.8. The van der Waals surface area contributed by atoms with Gasteiger partial charge in [-0.2, -0.15) is 5.10 Å². The molecule has 4 nitrogen and oxygen atoms in total. The van der Waals surface area contributed by atoms with Crippen molar-refractivity contribution in [2.45, 2.75) is 38.3 Å². The Morgan fingerprint density at radius 2 is 1.59 bits per heavy atom. The average Bonchev–Trinajstić information content (AvgIpc) is 3.30. The van der Waals surface area contributed by atoms with Crippen molar-refractivity contribution in [3.05, 3.63) is 108 Å². The van der Waals surface area contributed by atoms with Crippen LogP contribution in [0.15, 0.2) is 102 Å². The number of anilines is 1. The van der Waals surface area contributed by atoms with E-state index in [1.54, 1.807) is 0 Å². The number of benzene rings is 4. The molecular weight excluding hydrogens is 420 g/mol. The maximum absolute atomic E-state index is 9.29. The van der Waals surface area contributed by atoms with Gasteiger partial charge in [-0.1, -0.05) is 72.8 Å². The summed E-state index contributed by atoms with van der Waals surface area (Å²) in [6.07, 6.45) is 1.40. The Morgan fingerprint density at radius 3 is 2.35 bits per heavy atom. The summed E-state index contributed by atoms with van der Waals surface area (Å²) in [5.74, 6) is 0.807. The van der Waals surface area contributed by atoms with Crippen LogP contribution < -0.4 is 9.75 Å². The summed E-state index contributed by atoms with van der Waals surface area (Å²) in [4.78, 5) is 0. The van der Waals surface area contributed by atoms with E-state index in [-0.39, 0.29) is 12.6 Å². The van der Waals surface area contributed by atoms with E-state index >= 15 is 0 Å². The lowest BCUT2D eigenvalue weighted by atomic mass is 9.95. The lowest BCUT2D eigenvalue weighted by Gasteiger charge is -2.27. The number of aliphatic hydroxyl groups is 1. The second-order valence-electron chi connectivity index (χ2n) is 9.38. The normalized spacial score (nSPS) is 16.0. The molecule has 1 heterocycles. The van der Waals surface area contributed by atoms with Crippen molar-refractivity contribution in [2.24, 2.45) is 5.10 Å². The van der Waals surface area contributed by atoms with E-state index in [1.807, 2.05) is 32.0 Å². The minimum atomic E-state index is -0.412. The molecule has 1 atom stereocenters. The maximum atomic E-state index is 9.29. The third kappa shape index (κ3) is 4.55. The molecular formula is C30H30N2O2. The van der Waals surface area contributed by atoms with Crippen molar-refractivity contribution in [3.8, 4) is 5.75 Å². The largest absolute Gasteiger partial charge is 0.488 e. The number of hydrogen-bond donors (Lipinski definition) is 1. The van der Waals surface area contributed by atoms with Crippen LogP contribution in [-0.2, 0) is 0 Å². The molecule has 0 saturated heterocycles. The Kier molecular flexibility index (Phi) is 6.08. The molecule has 0 bridgehead atoms. The molecule has 1 aliphatic rings. The highest BCUT2D eigenvalue weighted by Crippen LogP contribution is 2.38. The SMILES string of the molecule is CC(C)(CCO)Oc1ccc(C2CC(c3cccc4ccccc34)=NN2c2ccccc2)cc1. The number of rotatable bonds is 7. The lowest BCUT2D eigenvalue weighted by molar-refractivity contribution is 0.0765. The average molecular weight is 451 g/mol. The van der Waals surface area contributed by atoms with Crippen LogP contribution in [0, 0.1) is 0 Å². The van der Waals surface area contributed by atoms with Crippen LogP contribution in [0.2, 0.25) is 0 Å². The summed E-state index contributed by atoms with van der Waals surface area (Å²) in [6, 6.07) is 33.7. The highest BCUT2D eigenvalue weighted by Gasteiger charge is 2.30. The Hall–Kier alpha value is -3.63. The summed E-state index contributed by atoms with van der Waals surface area (Å²) in [5.41, 5.74) is 4.13. The minimum Gasteiger partial charge on any atom is -0.488 e. The van der Waals surface area contributed by atoms with E-state index in [2.05, 4.69) is 83.9 Å². The Morgan fingerprint density at radius 1 is 0.882 bits per heavy atom. The summed E-state index contributed by atoms with van der Waals surface area (Å²) in [6.45, 7) is 4.10. The number of aliphatic hydroxyl groups excluding tert-OH is 1. The molecule has 4 heteroatoms. The van der Waals surface area contributed by atoms with Crippen LogP contribution in [0.1, 0.15) is 43.9 Å². The van der Waals surface area contributed by atoms with Gasteiger partial charge in [0, 0.05) is 25.0 Å². The molecule has 1 N–H and O–H groups in total. The monoisotopic (exact) mass is 450 g/mol. The number of hydrogen-bond acceptors (Lipinski definition) is 4. The molecule has 4 aromatic carbocycles. The fraction of sp³-hybridized carbons (Fsp3) is 0.233. The van der Waals surface area contributed by atoms with Gasteiger partial charge < -0.3 is 9.84 Å². The summed E-state index contributed by atoms with van der Waals surface area (Å²) >= 11 is 0. The molecule has 5 rings (SSSR count). The van der Waals surface area contributed by atoms with Crippen LogP contribution in [0.3, 0.4) is 0 Å². The quantitative estimate of drug-likeness (QED) is 0.339. The fourth-order valence-corrected chi connectivity index (χ4v) is 4.63. The van der Waals surface area contributed by atoms with E-state index in [0.717, 1.165) is 23.6 Å².